The molecule has 2 aromatic carbocycles. The highest BCUT2D eigenvalue weighted by Crippen LogP contribution is 2.34. The first-order chi connectivity index (χ1) is 9.40. The first-order valence-electron chi connectivity index (χ1n) is 6.58. The number of para-hydroxylation sites is 1. The molecule has 0 radical (unpaired) electrons. The molecular formula is C17H14N2. The highest BCUT2D eigenvalue weighted by molar-refractivity contribution is 5.82. The molecule has 2 nitrogen and oxygen atoms in total. The van der Waals surface area contributed by atoms with Crippen LogP contribution < -0.4 is 5.32 Å². The van der Waals surface area contributed by atoms with E-state index in [1.54, 1.807) is 0 Å². The van der Waals surface area contributed by atoms with Gasteiger partial charge in [-0.3, -0.25) is 4.98 Å². The fourth-order valence-electron chi connectivity index (χ4n) is 2.82. The Balaban J connectivity index is 1.73. The SMILES string of the molecule is c1ccc2c(c1)CC(c1ccc3cnccc3c1)N2. The van der Waals surface area contributed by atoms with Crippen LogP contribution in [0.25, 0.3) is 10.8 Å². The summed E-state index contributed by atoms with van der Waals surface area (Å²) in [5.74, 6) is 0. The summed E-state index contributed by atoms with van der Waals surface area (Å²) < 4.78 is 0. The topological polar surface area (TPSA) is 24.9 Å². The van der Waals surface area contributed by atoms with Crippen LogP contribution in [0.15, 0.2) is 60.9 Å². The zero-order valence-electron chi connectivity index (χ0n) is 10.5. The van der Waals surface area contributed by atoms with Gasteiger partial charge in [-0.05, 0) is 41.1 Å². The van der Waals surface area contributed by atoms with Gasteiger partial charge in [0, 0.05) is 23.5 Å². The van der Waals surface area contributed by atoms with Gasteiger partial charge in [-0.15, -0.1) is 0 Å². The normalized spacial score (nSPS) is 17.2. The number of aromatic nitrogens is 1. The summed E-state index contributed by atoms with van der Waals surface area (Å²) >= 11 is 0. The summed E-state index contributed by atoms with van der Waals surface area (Å²) in [5, 5.41) is 6.05. The number of nitrogens with one attached hydrogen (secondary N) is 1. The average molecular weight is 246 g/mol. The van der Waals surface area contributed by atoms with Crippen molar-refractivity contribution in [3.63, 3.8) is 0 Å². The van der Waals surface area contributed by atoms with Gasteiger partial charge in [0.05, 0.1) is 6.04 Å². The molecular weight excluding hydrogens is 232 g/mol. The summed E-state index contributed by atoms with van der Waals surface area (Å²) in [5.41, 5.74) is 4.01. The van der Waals surface area contributed by atoms with Crippen molar-refractivity contribution in [2.75, 3.05) is 5.32 Å². The Morgan fingerprint density at radius 1 is 1.00 bits per heavy atom. The summed E-state index contributed by atoms with van der Waals surface area (Å²) in [7, 11) is 0. The van der Waals surface area contributed by atoms with Crippen molar-refractivity contribution in [1.82, 2.24) is 4.98 Å². The third kappa shape index (κ3) is 1.76. The van der Waals surface area contributed by atoms with E-state index in [9.17, 15) is 0 Å². The molecule has 0 saturated carbocycles. The summed E-state index contributed by atoms with van der Waals surface area (Å²) in [4.78, 5) is 4.16. The lowest BCUT2D eigenvalue weighted by molar-refractivity contribution is 0.826. The van der Waals surface area contributed by atoms with E-state index in [4.69, 9.17) is 0 Å². The van der Waals surface area contributed by atoms with Crippen molar-refractivity contribution in [1.29, 1.82) is 0 Å². The fraction of sp³-hybridized carbons (Fsp3) is 0.118. The second kappa shape index (κ2) is 4.09. The lowest BCUT2D eigenvalue weighted by Crippen LogP contribution is -2.05. The molecule has 2 heteroatoms. The lowest BCUT2D eigenvalue weighted by Gasteiger charge is -2.12. The average Bonchev–Trinajstić information content (AvgIpc) is 2.90. The molecule has 0 bridgehead atoms. The molecule has 0 spiro atoms. The third-order valence-electron chi connectivity index (χ3n) is 3.84. The number of pyridine rings is 1. The lowest BCUT2D eigenvalue weighted by atomic mass is 10.0. The second-order valence-corrected chi connectivity index (χ2v) is 5.04. The predicted molar refractivity (Wildman–Crippen MR) is 78.3 cm³/mol. The van der Waals surface area contributed by atoms with Crippen LogP contribution in [0.1, 0.15) is 17.2 Å². The Labute approximate surface area is 112 Å². The largest absolute Gasteiger partial charge is 0.378 e. The standard InChI is InChI=1S/C17H14N2/c1-2-4-16-13(3-1)10-17(19-16)14-5-6-15-11-18-8-7-12(15)9-14/h1-9,11,17,19H,10H2. The molecule has 1 unspecified atom stereocenters. The van der Waals surface area contributed by atoms with Crippen LogP contribution in [0.4, 0.5) is 5.69 Å². The number of fused-ring (bicyclic) bond motifs is 2. The van der Waals surface area contributed by atoms with Gasteiger partial charge in [-0.2, -0.15) is 0 Å². The van der Waals surface area contributed by atoms with E-state index in [1.165, 1.54) is 27.6 Å². The number of benzene rings is 2. The molecule has 92 valence electrons. The van der Waals surface area contributed by atoms with Gasteiger partial charge in [0.15, 0.2) is 0 Å². The maximum absolute atomic E-state index is 4.16. The molecule has 19 heavy (non-hydrogen) atoms. The smallest absolute Gasteiger partial charge is 0.0555 e. The van der Waals surface area contributed by atoms with Gasteiger partial charge < -0.3 is 5.32 Å². The molecule has 0 amide bonds. The van der Waals surface area contributed by atoms with E-state index in [-0.39, 0.29) is 0 Å². The molecule has 1 atom stereocenters. The van der Waals surface area contributed by atoms with Crippen LogP contribution >= 0.6 is 0 Å². The van der Waals surface area contributed by atoms with Gasteiger partial charge in [-0.1, -0.05) is 30.3 Å². The van der Waals surface area contributed by atoms with Crippen LogP contribution in [0, 0.1) is 0 Å². The van der Waals surface area contributed by atoms with Crippen LogP contribution in [-0.2, 0) is 6.42 Å². The van der Waals surface area contributed by atoms with E-state index in [0.29, 0.717) is 6.04 Å². The first-order valence-corrected chi connectivity index (χ1v) is 6.58. The van der Waals surface area contributed by atoms with E-state index < -0.39 is 0 Å². The van der Waals surface area contributed by atoms with Gasteiger partial charge in [0.2, 0.25) is 0 Å². The molecule has 2 heterocycles. The number of anilines is 1. The van der Waals surface area contributed by atoms with E-state index in [2.05, 4.69) is 58.8 Å². The van der Waals surface area contributed by atoms with Gasteiger partial charge in [0.1, 0.15) is 0 Å². The molecule has 4 rings (SSSR count). The molecule has 1 aliphatic rings. The quantitative estimate of drug-likeness (QED) is 0.703. The predicted octanol–water partition coefficient (Wildman–Crippen LogP) is 3.94. The molecule has 1 aliphatic heterocycles. The number of rotatable bonds is 1. The molecule has 0 aliphatic carbocycles. The Morgan fingerprint density at radius 3 is 2.89 bits per heavy atom. The molecule has 0 fully saturated rings. The van der Waals surface area contributed by atoms with Crippen LogP contribution in [0.5, 0.6) is 0 Å². The van der Waals surface area contributed by atoms with Crippen molar-refractivity contribution < 1.29 is 0 Å². The zero-order valence-corrected chi connectivity index (χ0v) is 10.5. The van der Waals surface area contributed by atoms with Crippen LogP contribution in [0.3, 0.4) is 0 Å². The van der Waals surface area contributed by atoms with E-state index >= 15 is 0 Å². The highest BCUT2D eigenvalue weighted by Gasteiger charge is 2.21. The molecule has 1 aromatic heterocycles. The molecule has 3 aromatic rings. The number of hydrogen-bond donors (Lipinski definition) is 1. The van der Waals surface area contributed by atoms with Crippen LogP contribution in [-0.4, -0.2) is 4.98 Å². The first kappa shape index (κ1) is 10.6. The Kier molecular flexibility index (Phi) is 2.27. The van der Waals surface area contributed by atoms with Gasteiger partial charge in [-0.25, -0.2) is 0 Å². The Bertz CT molecular complexity index is 724. The number of hydrogen-bond acceptors (Lipinski definition) is 2. The Hall–Kier alpha value is -2.35. The maximum Gasteiger partial charge on any atom is 0.0555 e. The molecule has 1 N–H and O–H groups in total. The van der Waals surface area contributed by atoms with Crippen molar-refractivity contribution in [2.45, 2.75) is 12.5 Å². The van der Waals surface area contributed by atoms with Crippen molar-refractivity contribution in [3.05, 3.63) is 72.1 Å². The minimum absolute atomic E-state index is 0.384. The minimum atomic E-state index is 0.384. The monoisotopic (exact) mass is 246 g/mol. The van der Waals surface area contributed by atoms with Gasteiger partial charge in [0.25, 0.3) is 0 Å². The Morgan fingerprint density at radius 2 is 1.95 bits per heavy atom. The van der Waals surface area contributed by atoms with E-state index in [0.717, 1.165) is 6.42 Å². The highest BCUT2D eigenvalue weighted by atomic mass is 14.9. The van der Waals surface area contributed by atoms with E-state index in [1.807, 2.05) is 12.4 Å². The maximum atomic E-state index is 4.16. The van der Waals surface area contributed by atoms with Crippen molar-refractivity contribution in [3.8, 4) is 0 Å². The van der Waals surface area contributed by atoms with Crippen molar-refractivity contribution >= 4 is 16.5 Å². The third-order valence-corrected chi connectivity index (χ3v) is 3.84. The second-order valence-electron chi connectivity index (χ2n) is 5.04. The van der Waals surface area contributed by atoms with Crippen LogP contribution in [0.2, 0.25) is 0 Å². The summed E-state index contributed by atoms with van der Waals surface area (Å²) in [6.07, 6.45) is 4.83. The zero-order chi connectivity index (χ0) is 12.7. The number of nitrogens with zero attached hydrogens (tertiary/aromatic N) is 1. The van der Waals surface area contributed by atoms with Crippen molar-refractivity contribution in [2.24, 2.45) is 0 Å². The fourth-order valence-corrected chi connectivity index (χ4v) is 2.82. The summed E-state index contributed by atoms with van der Waals surface area (Å²) in [6.45, 7) is 0. The van der Waals surface area contributed by atoms with Gasteiger partial charge >= 0.3 is 0 Å². The summed E-state index contributed by atoms with van der Waals surface area (Å²) in [6, 6.07) is 17.6. The molecule has 0 saturated heterocycles. The minimum Gasteiger partial charge on any atom is -0.378 e.